The number of aryl methyl sites for hydroxylation is 1. The predicted molar refractivity (Wildman–Crippen MR) is 66.3 cm³/mol. The molecule has 0 atom stereocenters. The summed E-state index contributed by atoms with van der Waals surface area (Å²) >= 11 is 0. The Morgan fingerprint density at radius 1 is 1.18 bits per heavy atom. The zero-order valence-corrected chi connectivity index (χ0v) is 9.31. The monoisotopic (exact) mass is 225 g/mol. The van der Waals surface area contributed by atoms with E-state index >= 15 is 0 Å². The highest BCUT2D eigenvalue weighted by atomic mass is 14.9. The first kappa shape index (κ1) is 9.77. The Hall–Kier alpha value is -2.43. The fraction of sp³-hybridized carbons (Fsp3) is 0.0833. The quantitative estimate of drug-likeness (QED) is 0.663. The molecular weight excluding hydrogens is 214 g/mol. The summed E-state index contributed by atoms with van der Waals surface area (Å²) in [6, 6.07) is 5.91. The van der Waals surface area contributed by atoms with Gasteiger partial charge in [0, 0.05) is 10.9 Å². The summed E-state index contributed by atoms with van der Waals surface area (Å²) in [7, 11) is 0. The van der Waals surface area contributed by atoms with Gasteiger partial charge in [0.25, 0.3) is 0 Å². The molecule has 0 aliphatic carbocycles. The van der Waals surface area contributed by atoms with Gasteiger partial charge in [-0.15, -0.1) is 0 Å². The molecule has 0 saturated carbocycles. The molecule has 17 heavy (non-hydrogen) atoms. The van der Waals surface area contributed by atoms with E-state index in [9.17, 15) is 0 Å². The molecule has 0 bridgehead atoms. The summed E-state index contributed by atoms with van der Waals surface area (Å²) in [5.41, 5.74) is 9.68. The van der Waals surface area contributed by atoms with Crippen molar-refractivity contribution in [3.05, 3.63) is 36.5 Å². The van der Waals surface area contributed by atoms with Crippen molar-refractivity contribution in [2.45, 2.75) is 6.92 Å². The first-order chi connectivity index (χ1) is 8.25. The van der Waals surface area contributed by atoms with Crippen molar-refractivity contribution in [3.8, 4) is 11.3 Å². The second kappa shape index (κ2) is 3.55. The van der Waals surface area contributed by atoms with E-state index in [4.69, 9.17) is 5.73 Å². The number of benzene rings is 1. The molecular formula is C12H11N5. The van der Waals surface area contributed by atoms with E-state index in [1.165, 1.54) is 6.33 Å². The first-order valence-corrected chi connectivity index (χ1v) is 5.26. The van der Waals surface area contributed by atoms with E-state index in [1.807, 2.05) is 25.1 Å². The third-order valence-corrected chi connectivity index (χ3v) is 2.78. The van der Waals surface area contributed by atoms with Gasteiger partial charge in [0.2, 0.25) is 0 Å². The van der Waals surface area contributed by atoms with Crippen molar-refractivity contribution in [1.29, 1.82) is 0 Å². The number of hydrogen-bond donors (Lipinski definition) is 2. The average molecular weight is 225 g/mol. The number of nitrogens with one attached hydrogen (secondary N) is 1. The topological polar surface area (TPSA) is 80.5 Å². The molecule has 0 saturated heterocycles. The Morgan fingerprint density at radius 2 is 2.06 bits per heavy atom. The number of rotatable bonds is 1. The minimum atomic E-state index is 0.494. The number of nitrogens with zero attached hydrogens (tertiary/aromatic N) is 3. The lowest BCUT2D eigenvalue weighted by Gasteiger charge is -2.03. The largest absolute Gasteiger partial charge is 0.383 e. The molecule has 3 N–H and O–H groups in total. The Bertz CT molecular complexity index is 686. The molecule has 0 radical (unpaired) electrons. The van der Waals surface area contributed by atoms with Gasteiger partial charge in [-0.05, 0) is 19.1 Å². The average Bonchev–Trinajstić information content (AvgIpc) is 2.76. The van der Waals surface area contributed by atoms with E-state index in [1.54, 1.807) is 6.33 Å². The van der Waals surface area contributed by atoms with Crippen LogP contribution in [0.3, 0.4) is 0 Å². The van der Waals surface area contributed by atoms with Crippen molar-refractivity contribution in [1.82, 2.24) is 19.9 Å². The number of imidazole rings is 1. The standard InChI is InChI=1S/C12H11N5/c1-7-11(16-5-14-7)8-2-3-10-9(4-8)12(13)17-6-15-10/h2-6H,1H3,(H,14,16)(H2,13,15,17). The van der Waals surface area contributed by atoms with Crippen LogP contribution in [-0.2, 0) is 0 Å². The van der Waals surface area contributed by atoms with Crippen LogP contribution in [0.15, 0.2) is 30.9 Å². The molecule has 0 unspecified atom stereocenters. The van der Waals surface area contributed by atoms with Gasteiger partial charge < -0.3 is 10.7 Å². The molecule has 3 rings (SSSR count). The third kappa shape index (κ3) is 1.52. The van der Waals surface area contributed by atoms with E-state index in [0.29, 0.717) is 5.82 Å². The van der Waals surface area contributed by atoms with Crippen LogP contribution in [0.5, 0.6) is 0 Å². The fourth-order valence-corrected chi connectivity index (χ4v) is 1.89. The van der Waals surface area contributed by atoms with E-state index in [0.717, 1.165) is 27.9 Å². The van der Waals surface area contributed by atoms with E-state index in [-0.39, 0.29) is 0 Å². The third-order valence-electron chi connectivity index (χ3n) is 2.78. The number of fused-ring (bicyclic) bond motifs is 1. The predicted octanol–water partition coefficient (Wildman–Crippen LogP) is 1.91. The zero-order chi connectivity index (χ0) is 11.8. The summed E-state index contributed by atoms with van der Waals surface area (Å²) in [6.45, 7) is 1.96. The Balaban J connectivity index is 2.27. The number of nitrogens with two attached hydrogens (primary N) is 1. The van der Waals surface area contributed by atoms with Gasteiger partial charge in [-0.1, -0.05) is 6.07 Å². The molecule has 0 aliphatic rings. The van der Waals surface area contributed by atoms with Crippen LogP contribution in [0.1, 0.15) is 5.69 Å². The highest BCUT2D eigenvalue weighted by Crippen LogP contribution is 2.25. The highest BCUT2D eigenvalue weighted by molar-refractivity contribution is 5.91. The Morgan fingerprint density at radius 3 is 2.82 bits per heavy atom. The van der Waals surface area contributed by atoms with Crippen LogP contribution < -0.4 is 5.73 Å². The van der Waals surface area contributed by atoms with Crippen molar-refractivity contribution in [2.75, 3.05) is 5.73 Å². The highest BCUT2D eigenvalue weighted by Gasteiger charge is 2.07. The lowest BCUT2D eigenvalue weighted by Crippen LogP contribution is -1.93. The minimum Gasteiger partial charge on any atom is -0.383 e. The van der Waals surface area contributed by atoms with Gasteiger partial charge in [0.15, 0.2) is 0 Å². The summed E-state index contributed by atoms with van der Waals surface area (Å²) in [4.78, 5) is 15.5. The summed E-state index contributed by atoms with van der Waals surface area (Å²) in [6.07, 6.45) is 3.15. The SMILES string of the molecule is Cc1nc[nH]c1-c1ccc2ncnc(N)c2c1. The second-order valence-corrected chi connectivity index (χ2v) is 3.85. The summed E-state index contributed by atoms with van der Waals surface area (Å²) < 4.78 is 0. The van der Waals surface area contributed by atoms with Crippen LogP contribution in [0.4, 0.5) is 5.82 Å². The number of H-pyrrole nitrogens is 1. The van der Waals surface area contributed by atoms with Gasteiger partial charge in [0.05, 0.1) is 23.2 Å². The van der Waals surface area contributed by atoms with Crippen LogP contribution in [0.2, 0.25) is 0 Å². The van der Waals surface area contributed by atoms with Gasteiger partial charge >= 0.3 is 0 Å². The smallest absolute Gasteiger partial charge is 0.134 e. The van der Waals surface area contributed by atoms with E-state index < -0.39 is 0 Å². The van der Waals surface area contributed by atoms with Crippen molar-refractivity contribution < 1.29 is 0 Å². The van der Waals surface area contributed by atoms with Crippen LogP contribution in [0, 0.1) is 6.92 Å². The normalized spacial score (nSPS) is 10.9. The maximum Gasteiger partial charge on any atom is 0.134 e. The van der Waals surface area contributed by atoms with Gasteiger partial charge in [-0.25, -0.2) is 15.0 Å². The molecule has 5 nitrogen and oxygen atoms in total. The van der Waals surface area contributed by atoms with E-state index in [2.05, 4.69) is 19.9 Å². The molecule has 2 aromatic heterocycles. The first-order valence-electron chi connectivity index (χ1n) is 5.26. The summed E-state index contributed by atoms with van der Waals surface area (Å²) in [5, 5.41) is 0.860. The zero-order valence-electron chi connectivity index (χ0n) is 9.31. The van der Waals surface area contributed by atoms with Gasteiger partial charge in [-0.3, -0.25) is 0 Å². The molecule has 0 aliphatic heterocycles. The molecule has 0 amide bonds. The lowest BCUT2D eigenvalue weighted by atomic mass is 10.1. The number of anilines is 1. The van der Waals surface area contributed by atoms with Crippen molar-refractivity contribution in [2.24, 2.45) is 0 Å². The van der Waals surface area contributed by atoms with Crippen LogP contribution in [0.25, 0.3) is 22.2 Å². The van der Waals surface area contributed by atoms with Crippen molar-refractivity contribution in [3.63, 3.8) is 0 Å². The maximum absolute atomic E-state index is 5.84. The number of aromatic nitrogens is 4. The molecule has 2 heterocycles. The fourth-order valence-electron chi connectivity index (χ4n) is 1.89. The maximum atomic E-state index is 5.84. The molecule has 1 aromatic carbocycles. The molecule has 3 aromatic rings. The lowest BCUT2D eigenvalue weighted by molar-refractivity contribution is 1.23. The molecule has 84 valence electrons. The number of nitrogen functional groups attached to an aromatic ring is 1. The van der Waals surface area contributed by atoms with Crippen LogP contribution in [-0.4, -0.2) is 19.9 Å². The van der Waals surface area contributed by atoms with Crippen LogP contribution >= 0.6 is 0 Å². The molecule has 5 heteroatoms. The number of hydrogen-bond acceptors (Lipinski definition) is 4. The molecule has 0 spiro atoms. The minimum absolute atomic E-state index is 0.494. The van der Waals surface area contributed by atoms with Crippen molar-refractivity contribution >= 4 is 16.7 Å². The Kier molecular flexibility index (Phi) is 2.04. The second-order valence-electron chi connectivity index (χ2n) is 3.85. The Labute approximate surface area is 97.7 Å². The van der Waals surface area contributed by atoms with Gasteiger partial charge in [-0.2, -0.15) is 0 Å². The number of aromatic amines is 1. The van der Waals surface area contributed by atoms with Gasteiger partial charge in [0.1, 0.15) is 12.1 Å². The summed E-state index contributed by atoms with van der Waals surface area (Å²) in [5.74, 6) is 0.494. The molecule has 0 fully saturated rings.